The molecule has 4 heterocycles. The highest BCUT2D eigenvalue weighted by atomic mass is 16.7. The molecule has 2 saturated heterocycles. The molecule has 238 valence electrons. The van der Waals surface area contributed by atoms with Crippen molar-refractivity contribution in [2.75, 3.05) is 26.8 Å². The van der Waals surface area contributed by atoms with Crippen LogP contribution in [0, 0.1) is 11.3 Å². The first-order valence-corrected chi connectivity index (χ1v) is 16.6. The lowest BCUT2D eigenvalue weighted by atomic mass is 9.77. The molecule has 0 bridgehead atoms. The van der Waals surface area contributed by atoms with E-state index in [1.54, 1.807) is 7.11 Å². The van der Waals surface area contributed by atoms with Gasteiger partial charge in [0.05, 0.1) is 28.7 Å². The summed E-state index contributed by atoms with van der Waals surface area (Å²) < 4.78 is 21.3. The second kappa shape index (κ2) is 11.5. The number of aromatic nitrogens is 2. The summed E-state index contributed by atoms with van der Waals surface area (Å²) in [5.41, 5.74) is 6.83. The van der Waals surface area contributed by atoms with Crippen LogP contribution in [0.5, 0.6) is 0 Å². The van der Waals surface area contributed by atoms with Gasteiger partial charge < -0.3 is 23.7 Å². The summed E-state index contributed by atoms with van der Waals surface area (Å²) in [6.07, 6.45) is 6.41. The fourth-order valence-corrected chi connectivity index (χ4v) is 6.98. The summed E-state index contributed by atoms with van der Waals surface area (Å²) in [5.74, 6) is 0.684. The highest BCUT2D eigenvalue weighted by Gasteiger charge is 2.51. The Morgan fingerprint density at radius 1 is 1.11 bits per heavy atom. The molecule has 0 spiro atoms. The van der Waals surface area contributed by atoms with Crippen molar-refractivity contribution in [2.24, 2.45) is 11.3 Å². The molecule has 1 N–H and O–H groups in total. The molecule has 1 aliphatic carbocycles. The summed E-state index contributed by atoms with van der Waals surface area (Å²) in [6.45, 7) is 20.3. The molecule has 44 heavy (non-hydrogen) atoms. The smallest absolute Gasteiger partial charge is 0.399 e. The van der Waals surface area contributed by atoms with E-state index in [1.165, 1.54) is 53.7 Å². The minimum Gasteiger partial charge on any atom is -0.399 e. The molecule has 1 saturated carbocycles. The van der Waals surface area contributed by atoms with Gasteiger partial charge in [-0.05, 0) is 107 Å². The molecule has 1 atom stereocenters. The van der Waals surface area contributed by atoms with Gasteiger partial charge in [-0.25, -0.2) is 0 Å². The monoisotopic (exact) mass is 601 g/mol. The largest absolute Gasteiger partial charge is 0.494 e. The van der Waals surface area contributed by atoms with Gasteiger partial charge in [0.15, 0.2) is 0 Å². The van der Waals surface area contributed by atoms with E-state index in [1.807, 2.05) is 0 Å². The van der Waals surface area contributed by atoms with E-state index in [-0.39, 0.29) is 18.1 Å². The third kappa shape index (κ3) is 5.77. The lowest BCUT2D eigenvalue weighted by Crippen LogP contribution is -2.48. The molecule has 2 aliphatic heterocycles. The van der Waals surface area contributed by atoms with Crippen LogP contribution >= 0.6 is 0 Å². The van der Waals surface area contributed by atoms with Gasteiger partial charge in [-0.1, -0.05) is 26.0 Å². The quantitative estimate of drug-likeness (QED) is 0.275. The van der Waals surface area contributed by atoms with E-state index in [4.69, 9.17) is 19.0 Å². The molecule has 1 aromatic carbocycles. The SMILES string of the molecule is CCn1c(-c2cc(CC3CN(C4CC4)C3)cnc2[C@H](C)OC)c(CC(C)(C)CO)c2cc(B3OC(C)(C)C(C)(C)O3)ccc21. The number of ether oxygens (including phenoxy) is 1. The van der Waals surface area contributed by atoms with Crippen LogP contribution in [0.15, 0.2) is 30.5 Å². The minimum absolute atomic E-state index is 0.0982. The Morgan fingerprint density at radius 3 is 2.39 bits per heavy atom. The fraction of sp³-hybridized carbons (Fsp3) is 0.639. The van der Waals surface area contributed by atoms with Crippen LogP contribution < -0.4 is 5.46 Å². The van der Waals surface area contributed by atoms with Gasteiger partial charge >= 0.3 is 7.12 Å². The molecule has 6 rings (SSSR count). The summed E-state index contributed by atoms with van der Waals surface area (Å²) in [4.78, 5) is 7.72. The Bertz CT molecular complexity index is 1500. The summed E-state index contributed by atoms with van der Waals surface area (Å²) in [7, 11) is 1.32. The topological polar surface area (TPSA) is 69.0 Å². The number of methoxy groups -OCH3 is 1. The lowest BCUT2D eigenvalue weighted by Gasteiger charge is -2.39. The summed E-state index contributed by atoms with van der Waals surface area (Å²) in [6, 6.07) is 9.84. The number of fused-ring (bicyclic) bond motifs is 1. The van der Waals surface area contributed by atoms with Crippen molar-refractivity contribution in [3.8, 4) is 11.3 Å². The molecule has 0 radical (unpaired) electrons. The predicted molar refractivity (Wildman–Crippen MR) is 178 cm³/mol. The molecule has 3 aliphatic rings. The third-order valence-electron chi connectivity index (χ3n) is 10.7. The van der Waals surface area contributed by atoms with Crippen LogP contribution in [0.1, 0.15) is 91.2 Å². The summed E-state index contributed by atoms with van der Waals surface area (Å²) in [5, 5.41) is 11.6. The van der Waals surface area contributed by atoms with E-state index >= 15 is 0 Å². The number of aryl methyl sites for hydroxylation is 1. The van der Waals surface area contributed by atoms with Crippen molar-refractivity contribution in [2.45, 2.75) is 111 Å². The van der Waals surface area contributed by atoms with Crippen molar-refractivity contribution in [1.82, 2.24) is 14.5 Å². The molecule has 0 amide bonds. The van der Waals surface area contributed by atoms with Gasteiger partial charge in [0.2, 0.25) is 0 Å². The number of nitrogens with zero attached hydrogens (tertiary/aromatic N) is 3. The maximum Gasteiger partial charge on any atom is 0.494 e. The van der Waals surface area contributed by atoms with Crippen LogP contribution in [0.4, 0.5) is 0 Å². The zero-order chi connectivity index (χ0) is 31.6. The maximum absolute atomic E-state index is 10.4. The van der Waals surface area contributed by atoms with Crippen molar-refractivity contribution in [3.63, 3.8) is 0 Å². The van der Waals surface area contributed by atoms with Gasteiger partial charge in [0.1, 0.15) is 0 Å². The van der Waals surface area contributed by atoms with Gasteiger partial charge in [-0.15, -0.1) is 0 Å². The average Bonchev–Trinajstić information content (AvgIpc) is 3.71. The molecule has 3 fully saturated rings. The molecular formula is C36H52BN3O4. The second-order valence-electron chi connectivity index (χ2n) is 15.3. The third-order valence-corrected chi connectivity index (χ3v) is 10.7. The first-order chi connectivity index (χ1) is 20.8. The predicted octanol–water partition coefficient (Wildman–Crippen LogP) is 5.93. The number of pyridine rings is 1. The normalized spacial score (nSPS) is 21.3. The highest BCUT2D eigenvalue weighted by molar-refractivity contribution is 6.62. The number of aliphatic hydroxyl groups is 1. The Kier molecular flexibility index (Phi) is 8.32. The van der Waals surface area contributed by atoms with Crippen molar-refractivity contribution in [1.29, 1.82) is 0 Å². The lowest BCUT2D eigenvalue weighted by molar-refractivity contribution is 0.00578. The number of hydrogen-bond acceptors (Lipinski definition) is 6. The number of likely N-dealkylation sites (tertiary alicyclic amines) is 1. The molecular weight excluding hydrogens is 549 g/mol. The zero-order valence-corrected chi connectivity index (χ0v) is 28.4. The molecule has 8 heteroatoms. The van der Waals surface area contributed by atoms with Crippen LogP contribution in [-0.2, 0) is 33.4 Å². The van der Waals surface area contributed by atoms with Crippen LogP contribution in [-0.4, -0.2) is 70.7 Å². The Hall–Kier alpha value is -2.23. The highest BCUT2D eigenvalue weighted by Crippen LogP contribution is 2.42. The fourth-order valence-electron chi connectivity index (χ4n) is 6.98. The number of rotatable bonds is 11. The molecule has 0 unspecified atom stereocenters. The van der Waals surface area contributed by atoms with Crippen molar-refractivity contribution >= 4 is 23.5 Å². The van der Waals surface area contributed by atoms with Gasteiger partial charge in [0, 0.05) is 62.1 Å². The minimum atomic E-state index is -0.441. The van der Waals surface area contributed by atoms with E-state index < -0.39 is 18.3 Å². The van der Waals surface area contributed by atoms with Gasteiger partial charge in [-0.3, -0.25) is 9.88 Å². The average molecular weight is 602 g/mol. The molecule has 3 aromatic rings. The zero-order valence-electron chi connectivity index (χ0n) is 28.4. The number of hydrogen-bond donors (Lipinski definition) is 1. The van der Waals surface area contributed by atoms with E-state index in [2.05, 4.69) is 95.3 Å². The second-order valence-corrected chi connectivity index (χ2v) is 15.3. The van der Waals surface area contributed by atoms with Crippen LogP contribution in [0.2, 0.25) is 0 Å². The van der Waals surface area contributed by atoms with Crippen LogP contribution in [0.25, 0.3) is 22.2 Å². The standard InChI is InChI=1S/C36H52BN3O4/c1-10-40-31-14-11-26(37-43-35(5,6)36(7,8)44-37)17-28(31)30(18-34(3,4)22-41)33(40)29-16-24(19-38-32(29)23(2)42-9)15-25-20-39(21-25)27-12-13-27/h11,14,16-17,19,23,25,27,41H,10,12-13,15,18,20-22H2,1-9H3/t23-/m0/s1. The van der Waals surface area contributed by atoms with Gasteiger partial charge in [-0.2, -0.15) is 0 Å². The Labute approximate surface area is 264 Å². The van der Waals surface area contributed by atoms with Crippen molar-refractivity contribution < 1.29 is 19.2 Å². The Balaban J connectivity index is 1.49. The van der Waals surface area contributed by atoms with Crippen molar-refractivity contribution in [3.05, 3.63) is 47.3 Å². The summed E-state index contributed by atoms with van der Waals surface area (Å²) >= 11 is 0. The first-order valence-electron chi connectivity index (χ1n) is 16.6. The van der Waals surface area contributed by atoms with E-state index in [9.17, 15) is 5.11 Å². The van der Waals surface area contributed by atoms with Crippen LogP contribution in [0.3, 0.4) is 0 Å². The Morgan fingerprint density at radius 2 is 1.80 bits per heavy atom. The maximum atomic E-state index is 10.4. The number of benzene rings is 1. The first kappa shape index (κ1) is 31.7. The molecule has 7 nitrogen and oxygen atoms in total. The number of aliphatic hydroxyl groups excluding tert-OH is 1. The molecule has 2 aromatic heterocycles. The van der Waals surface area contributed by atoms with E-state index in [0.29, 0.717) is 5.92 Å². The van der Waals surface area contributed by atoms with E-state index in [0.717, 1.165) is 42.1 Å². The van der Waals surface area contributed by atoms with Gasteiger partial charge in [0.25, 0.3) is 0 Å².